The molecule has 1 saturated carbocycles. The second-order valence-corrected chi connectivity index (χ2v) is 9.18. The van der Waals surface area contributed by atoms with Crippen LogP contribution in [-0.4, -0.2) is 28.0 Å². The molecule has 0 bridgehead atoms. The van der Waals surface area contributed by atoms with E-state index < -0.39 is 11.9 Å². The van der Waals surface area contributed by atoms with Gasteiger partial charge in [-0.3, -0.25) is 9.59 Å². The van der Waals surface area contributed by atoms with Gasteiger partial charge in [0.05, 0.1) is 12.5 Å². The molecular weight excluding hydrogens is 402 g/mol. The maximum absolute atomic E-state index is 12.2. The van der Waals surface area contributed by atoms with E-state index in [9.17, 15) is 14.7 Å². The first kappa shape index (κ1) is 22.1. The average molecular weight is 434 g/mol. The van der Waals surface area contributed by atoms with Crippen LogP contribution in [0.2, 0.25) is 0 Å². The van der Waals surface area contributed by atoms with E-state index in [1.807, 2.05) is 48.1 Å². The molecule has 1 heterocycles. The van der Waals surface area contributed by atoms with Crippen molar-refractivity contribution in [3.63, 3.8) is 0 Å². The lowest BCUT2D eigenvalue weighted by Crippen LogP contribution is -2.12. The van der Waals surface area contributed by atoms with Crippen molar-refractivity contribution in [2.45, 2.75) is 46.0 Å². The van der Waals surface area contributed by atoms with E-state index in [0.717, 1.165) is 33.3 Å². The minimum Gasteiger partial charge on any atom is -0.493 e. The molecule has 1 fully saturated rings. The summed E-state index contributed by atoms with van der Waals surface area (Å²) >= 11 is 0. The average Bonchev–Trinajstić information content (AvgIpc) is 3.40. The van der Waals surface area contributed by atoms with Gasteiger partial charge in [-0.1, -0.05) is 31.9 Å². The van der Waals surface area contributed by atoms with Crippen LogP contribution < -0.4 is 4.74 Å². The number of ketones is 1. The Kier molecular flexibility index (Phi) is 6.35. The number of carboxylic acids is 1. The van der Waals surface area contributed by atoms with Gasteiger partial charge < -0.3 is 14.4 Å². The molecular formula is C27H31NO4. The fraction of sp³-hybridized carbons (Fsp3) is 0.407. The summed E-state index contributed by atoms with van der Waals surface area (Å²) in [6, 6.07) is 12.1. The van der Waals surface area contributed by atoms with Crippen molar-refractivity contribution < 1.29 is 19.4 Å². The minimum absolute atomic E-state index is 0.0366. The summed E-state index contributed by atoms with van der Waals surface area (Å²) in [4.78, 5) is 23.5. The lowest BCUT2D eigenvalue weighted by molar-refractivity contribution is -0.141. The number of nitrogens with zero attached hydrogens (tertiary/aromatic N) is 1. The summed E-state index contributed by atoms with van der Waals surface area (Å²) in [5.41, 5.74) is 4.58. The van der Waals surface area contributed by atoms with E-state index in [1.165, 1.54) is 25.7 Å². The molecule has 1 unspecified atom stereocenters. The molecule has 1 atom stereocenters. The van der Waals surface area contributed by atoms with Crippen molar-refractivity contribution in [2.75, 3.05) is 6.61 Å². The van der Waals surface area contributed by atoms with Gasteiger partial charge in [-0.05, 0) is 67.5 Å². The summed E-state index contributed by atoms with van der Waals surface area (Å²) in [6.07, 6.45) is 7.29. The Bertz CT molecular complexity index is 1150. The molecule has 32 heavy (non-hydrogen) atoms. The largest absolute Gasteiger partial charge is 0.493 e. The number of carbonyl (C=O) groups is 2. The van der Waals surface area contributed by atoms with Crippen LogP contribution in [0.1, 0.15) is 55.5 Å². The summed E-state index contributed by atoms with van der Waals surface area (Å²) in [6.45, 7) is 4.01. The number of aliphatic carboxylic acids is 1. The van der Waals surface area contributed by atoms with Crippen molar-refractivity contribution in [3.05, 3.63) is 53.7 Å². The number of hydrogen-bond acceptors (Lipinski definition) is 3. The van der Waals surface area contributed by atoms with Crippen LogP contribution in [0.15, 0.2) is 42.6 Å². The third-order valence-corrected chi connectivity index (χ3v) is 6.64. The molecule has 168 valence electrons. The number of carbonyl (C=O) groups excluding carboxylic acids is 1. The summed E-state index contributed by atoms with van der Waals surface area (Å²) < 4.78 is 8.26. The number of benzene rings is 2. The smallest absolute Gasteiger partial charge is 0.306 e. The topological polar surface area (TPSA) is 68.5 Å². The normalized spacial score (nSPS) is 15.2. The Balaban J connectivity index is 1.75. The second-order valence-electron chi connectivity index (χ2n) is 9.18. The number of ether oxygens (including phenoxy) is 1. The van der Waals surface area contributed by atoms with E-state index in [0.29, 0.717) is 24.5 Å². The van der Waals surface area contributed by atoms with E-state index in [2.05, 4.69) is 6.07 Å². The molecule has 0 aliphatic heterocycles. The zero-order valence-electron chi connectivity index (χ0n) is 19.1. The van der Waals surface area contributed by atoms with E-state index in [4.69, 9.17) is 4.74 Å². The number of rotatable bonds is 8. The third-order valence-electron chi connectivity index (χ3n) is 6.64. The number of Topliss-reactive ketones (excluding diaryl/α,β-unsaturated/α-hetero) is 1. The maximum Gasteiger partial charge on any atom is 0.306 e. The molecule has 5 nitrogen and oxygen atoms in total. The summed E-state index contributed by atoms with van der Waals surface area (Å²) in [5, 5.41) is 10.3. The molecule has 1 aliphatic carbocycles. The lowest BCUT2D eigenvalue weighted by atomic mass is 9.95. The highest BCUT2D eigenvalue weighted by Crippen LogP contribution is 2.36. The Morgan fingerprint density at radius 2 is 1.91 bits per heavy atom. The van der Waals surface area contributed by atoms with Gasteiger partial charge >= 0.3 is 5.97 Å². The molecule has 2 aromatic carbocycles. The Hall–Kier alpha value is -3.08. The van der Waals surface area contributed by atoms with Crippen molar-refractivity contribution in [1.29, 1.82) is 0 Å². The molecule has 0 radical (unpaired) electrons. The van der Waals surface area contributed by atoms with Gasteiger partial charge in [-0.2, -0.15) is 0 Å². The molecule has 4 rings (SSSR count). The van der Waals surface area contributed by atoms with Gasteiger partial charge in [0.15, 0.2) is 5.78 Å². The zero-order chi connectivity index (χ0) is 22.8. The summed E-state index contributed by atoms with van der Waals surface area (Å²) in [7, 11) is 1.94. The predicted molar refractivity (Wildman–Crippen MR) is 126 cm³/mol. The Morgan fingerprint density at radius 3 is 2.59 bits per heavy atom. The first-order valence-electron chi connectivity index (χ1n) is 11.4. The van der Waals surface area contributed by atoms with Crippen molar-refractivity contribution in [2.24, 2.45) is 18.9 Å². The second kappa shape index (κ2) is 9.19. The Labute approximate surface area is 189 Å². The third kappa shape index (κ3) is 4.57. The highest BCUT2D eigenvalue weighted by molar-refractivity contribution is 6.08. The number of aromatic nitrogens is 1. The predicted octanol–water partition coefficient (Wildman–Crippen LogP) is 5.88. The number of fused-ring (bicyclic) bond motifs is 1. The minimum atomic E-state index is -0.801. The van der Waals surface area contributed by atoms with Gasteiger partial charge in [-0.25, -0.2) is 0 Å². The molecule has 0 saturated heterocycles. The molecule has 1 aliphatic rings. The van der Waals surface area contributed by atoms with Crippen LogP contribution in [0, 0.1) is 11.8 Å². The van der Waals surface area contributed by atoms with Gasteiger partial charge in [0, 0.05) is 35.3 Å². The Morgan fingerprint density at radius 1 is 1.16 bits per heavy atom. The SMILES string of the molecule is CC(=O)c1cn(C)c2ccc(-c3cc(CC(C)C(=O)O)ccc3OCC3CCCC3)cc12. The first-order valence-corrected chi connectivity index (χ1v) is 11.4. The van der Waals surface area contributed by atoms with E-state index >= 15 is 0 Å². The van der Waals surface area contributed by atoms with Crippen LogP contribution in [-0.2, 0) is 18.3 Å². The van der Waals surface area contributed by atoms with E-state index in [1.54, 1.807) is 13.8 Å². The number of carboxylic acid groups (broad SMARTS) is 1. The van der Waals surface area contributed by atoms with Crippen molar-refractivity contribution in [3.8, 4) is 16.9 Å². The van der Waals surface area contributed by atoms with Gasteiger partial charge in [-0.15, -0.1) is 0 Å². The standard InChI is InChI=1S/C27H31NO4/c1-17(27(30)31)12-20-8-11-26(32-16-19-6-4-5-7-19)22(13-20)21-9-10-25-23(14-21)24(18(2)29)15-28(25)3/h8-11,13-15,17,19H,4-7,12,16H2,1-3H3,(H,30,31). The molecule has 0 amide bonds. The van der Waals surface area contributed by atoms with Crippen LogP contribution in [0.25, 0.3) is 22.0 Å². The van der Waals surface area contributed by atoms with Crippen molar-refractivity contribution >= 4 is 22.7 Å². The molecule has 0 spiro atoms. The van der Waals surface area contributed by atoms with Crippen LogP contribution in [0.3, 0.4) is 0 Å². The van der Waals surface area contributed by atoms with Gasteiger partial charge in [0.1, 0.15) is 5.75 Å². The van der Waals surface area contributed by atoms with Crippen LogP contribution in [0.4, 0.5) is 0 Å². The van der Waals surface area contributed by atoms with Crippen molar-refractivity contribution in [1.82, 2.24) is 4.57 Å². The monoisotopic (exact) mass is 433 g/mol. The number of aryl methyl sites for hydroxylation is 1. The zero-order valence-corrected chi connectivity index (χ0v) is 19.1. The van der Waals surface area contributed by atoms with E-state index in [-0.39, 0.29) is 5.78 Å². The van der Waals surface area contributed by atoms with Crippen LogP contribution >= 0.6 is 0 Å². The fourth-order valence-corrected chi connectivity index (χ4v) is 4.72. The molecule has 1 aromatic heterocycles. The fourth-order valence-electron chi connectivity index (χ4n) is 4.72. The highest BCUT2D eigenvalue weighted by Gasteiger charge is 2.19. The summed E-state index contributed by atoms with van der Waals surface area (Å²) in [5.74, 6) is 0.173. The van der Waals surface area contributed by atoms with Gasteiger partial charge in [0.2, 0.25) is 0 Å². The molecule has 5 heteroatoms. The van der Waals surface area contributed by atoms with Gasteiger partial charge in [0.25, 0.3) is 0 Å². The highest BCUT2D eigenvalue weighted by atomic mass is 16.5. The van der Waals surface area contributed by atoms with Crippen LogP contribution in [0.5, 0.6) is 5.75 Å². The maximum atomic E-state index is 12.2. The number of hydrogen-bond donors (Lipinski definition) is 1. The quantitative estimate of drug-likeness (QED) is 0.451. The lowest BCUT2D eigenvalue weighted by Gasteiger charge is -2.17. The molecule has 3 aromatic rings. The first-order chi connectivity index (χ1) is 15.3. The molecule has 1 N–H and O–H groups in total.